The highest BCUT2D eigenvalue weighted by Gasteiger charge is 2.11. The number of esters is 1. The third-order valence-corrected chi connectivity index (χ3v) is 1.67. The van der Waals surface area contributed by atoms with Gasteiger partial charge in [-0.1, -0.05) is 0 Å². The van der Waals surface area contributed by atoms with Crippen LogP contribution in [0.2, 0.25) is 0 Å². The molecule has 1 aliphatic heterocycles. The van der Waals surface area contributed by atoms with Gasteiger partial charge in [0.05, 0.1) is 13.0 Å². The van der Waals surface area contributed by atoms with E-state index in [0.29, 0.717) is 5.70 Å². The topological polar surface area (TPSA) is 38.3 Å². The van der Waals surface area contributed by atoms with E-state index in [4.69, 9.17) is 0 Å². The van der Waals surface area contributed by atoms with E-state index in [-0.39, 0.29) is 5.97 Å². The number of thioether (sulfide) groups is 1. The highest BCUT2D eigenvalue weighted by Crippen LogP contribution is 2.12. The van der Waals surface area contributed by atoms with Crippen LogP contribution >= 0.6 is 11.8 Å². The molecule has 1 rings (SSSR count). The second-order valence-corrected chi connectivity index (χ2v) is 2.37. The Labute approximate surface area is 57.5 Å². The quantitative estimate of drug-likeness (QED) is 0.538. The second kappa shape index (κ2) is 2.77. The lowest BCUT2D eigenvalue weighted by Gasteiger charge is -1.97. The molecule has 0 atom stereocenters. The van der Waals surface area contributed by atoms with Crippen molar-refractivity contribution < 1.29 is 9.53 Å². The fourth-order valence-corrected chi connectivity index (χ4v) is 1.18. The lowest BCUT2D eigenvalue weighted by Crippen LogP contribution is -2.16. The lowest BCUT2D eigenvalue weighted by atomic mass is 10.5. The van der Waals surface area contributed by atoms with Gasteiger partial charge in [-0.25, -0.2) is 4.79 Å². The van der Waals surface area contributed by atoms with Gasteiger partial charge in [-0.2, -0.15) is 0 Å². The second-order valence-electron chi connectivity index (χ2n) is 1.51. The minimum absolute atomic E-state index is 0.292. The van der Waals surface area contributed by atoms with Crippen molar-refractivity contribution in [2.24, 2.45) is 0 Å². The Hall–Kier alpha value is -0.640. The zero-order valence-electron chi connectivity index (χ0n) is 5.01. The van der Waals surface area contributed by atoms with Crippen LogP contribution in [0.15, 0.2) is 11.1 Å². The molecule has 0 bridgehead atoms. The number of carbonyl (C=O) groups is 1. The van der Waals surface area contributed by atoms with Crippen LogP contribution in [-0.2, 0) is 9.53 Å². The maximum absolute atomic E-state index is 10.6. The first-order valence-electron chi connectivity index (χ1n) is 2.48. The Morgan fingerprint density at radius 1 is 2.00 bits per heavy atom. The van der Waals surface area contributed by atoms with Crippen LogP contribution in [0.1, 0.15) is 0 Å². The molecule has 0 aromatic heterocycles. The minimum atomic E-state index is -0.292. The Kier molecular flexibility index (Phi) is 2.00. The van der Waals surface area contributed by atoms with E-state index in [1.807, 2.05) is 0 Å². The molecule has 1 heterocycles. The fourth-order valence-electron chi connectivity index (χ4n) is 0.516. The summed E-state index contributed by atoms with van der Waals surface area (Å²) in [7, 11) is 1.37. The maximum atomic E-state index is 10.6. The summed E-state index contributed by atoms with van der Waals surface area (Å²) >= 11 is 1.55. The molecule has 0 spiro atoms. The largest absolute Gasteiger partial charge is 0.464 e. The molecule has 0 aliphatic carbocycles. The number of carbonyl (C=O) groups excluding carboxylic acids is 1. The van der Waals surface area contributed by atoms with E-state index in [9.17, 15) is 4.79 Å². The van der Waals surface area contributed by atoms with Gasteiger partial charge in [0.15, 0.2) is 0 Å². The van der Waals surface area contributed by atoms with Gasteiger partial charge < -0.3 is 10.1 Å². The van der Waals surface area contributed by atoms with Crippen molar-refractivity contribution in [1.82, 2.24) is 5.32 Å². The van der Waals surface area contributed by atoms with Crippen molar-refractivity contribution in [3.05, 3.63) is 11.1 Å². The summed E-state index contributed by atoms with van der Waals surface area (Å²) in [6, 6.07) is 0. The molecule has 0 aromatic carbocycles. The zero-order chi connectivity index (χ0) is 6.69. The summed E-state index contributed by atoms with van der Waals surface area (Å²) in [5, 5.41) is 4.61. The van der Waals surface area contributed by atoms with E-state index in [2.05, 4.69) is 10.1 Å². The SMILES string of the molecule is COC(=O)C1=CSCN1. The monoisotopic (exact) mass is 145 g/mol. The third kappa shape index (κ3) is 1.38. The average Bonchev–Trinajstić information content (AvgIpc) is 2.37. The van der Waals surface area contributed by atoms with Crippen LogP contribution in [0.5, 0.6) is 0 Å². The van der Waals surface area contributed by atoms with Gasteiger partial charge in [0.1, 0.15) is 5.70 Å². The van der Waals surface area contributed by atoms with Gasteiger partial charge in [-0.3, -0.25) is 0 Å². The molecule has 0 radical (unpaired) electrons. The van der Waals surface area contributed by atoms with E-state index in [0.717, 1.165) is 5.88 Å². The number of methoxy groups -OCH3 is 1. The Bertz CT molecular complexity index is 155. The van der Waals surface area contributed by atoms with Crippen LogP contribution in [0, 0.1) is 0 Å². The van der Waals surface area contributed by atoms with Crippen LogP contribution in [0.4, 0.5) is 0 Å². The fraction of sp³-hybridized carbons (Fsp3) is 0.400. The van der Waals surface area contributed by atoms with Gasteiger partial charge in [-0.15, -0.1) is 11.8 Å². The normalized spacial score (nSPS) is 16.3. The van der Waals surface area contributed by atoms with Gasteiger partial charge in [0, 0.05) is 5.41 Å². The number of ether oxygens (including phenoxy) is 1. The first-order chi connectivity index (χ1) is 4.34. The van der Waals surface area contributed by atoms with Crippen molar-refractivity contribution in [3.63, 3.8) is 0 Å². The van der Waals surface area contributed by atoms with Gasteiger partial charge in [0.25, 0.3) is 0 Å². The summed E-state index contributed by atoms with van der Waals surface area (Å²) in [4.78, 5) is 10.6. The Morgan fingerprint density at radius 2 is 2.78 bits per heavy atom. The molecule has 0 saturated carbocycles. The van der Waals surface area contributed by atoms with E-state index < -0.39 is 0 Å². The van der Waals surface area contributed by atoms with Crippen LogP contribution < -0.4 is 5.32 Å². The molecular weight excluding hydrogens is 138 g/mol. The molecule has 1 aliphatic rings. The Morgan fingerprint density at radius 3 is 3.22 bits per heavy atom. The van der Waals surface area contributed by atoms with Gasteiger partial charge >= 0.3 is 5.97 Å². The zero-order valence-corrected chi connectivity index (χ0v) is 5.83. The van der Waals surface area contributed by atoms with Crippen LogP contribution in [-0.4, -0.2) is 19.0 Å². The average molecular weight is 145 g/mol. The maximum Gasteiger partial charge on any atom is 0.354 e. The summed E-state index contributed by atoms with van der Waals surface area (Å²) < 4.78 is 4.45. The number of nitrogens with one attached hydrogen (secondary N) is 1. The van der Waals surface area contributed by atoms with Crippen molar-refractivity contribution in [2.75, 3.05) is 13.0 Å². The highest BCUT2D eigenvalue weighted by molar-refractivity contribution is 8.02. The van der Waals surface area contributed by atoms with E-state index >= 15 is 0 Å². The lowest BCUT2D eigenvalue weighted by molar-refractivity contribution is -0.136. The van der Waals surface area contributed by atoms with Gasteiger partial charge in [0.2, 0.25) is 0 Å². The van der Waals surface area contributed by atoms with Crippen LogP contribution in [0.25, 0.3) is 0 Å². The molecule has 3 nitrogen and oxygen atoms in total. The minimum Gasteiger partial charge on any atom is -0.464 e. The molecular formula is C5H7NO2S. The van der Waals surface area contributed by atoms with Crippen molar-refractivity contribution >= 4 is 17.7 Å². The summed E-state index contributed by atoms with van der Waals surface area (Å²) in [6.45, 7) is 0. The summed E-state index contributed by atoms with van der Waals surface area (Å²) in [5.41, 5.74) is 0.558. The van der Waals surface area contributed by atoms with Crippen molar-refractivity contribution in [2.45, 2.75) is 0 Å². The van der Waals surface area contributed by atoms with Gasteiger partial charge in [-0.05, 0) is 0 Å². The smallest absolute Gasteiger partial charge is 0.354 e. The first-order valence-corrected chi connectivity index (χ1v) is 3.53. The molecule has 1 N–H and O–H groups in total. The molecule has 0 saturated heterocycles. The predicted octanol–water partition coefficient (Wildman–Crippen LogP) is 0.295. The van der Waals surface area contributed by atoms with E-state index in [1.165, 1.54) is 7.11 Å². The van der Waals surface area contributed by atoms with Crippen molar-refractivity contribution in [3.8, 4) is 0 Å². The molecule has 4 heteroatoms. The molecule has 0 fully saturated rings. The number of hydrogen-bond acceptors (Lipinski definition) is 4. The van der Waals surface area contributed by atoms with Crippen molar-refractivity contribution in [1.29, 1.82) is 0 Å². The Balaban J connectivity index is 2.51. The van der Waals surface area contributed by atoms with E-state index in [1.54, 1.807) is 17.2 Å². The first kappa shape index (κ1) is 6.48. The standard InChI is InChI=1S/C5H7NO2S/c1-8-5(7)4-2-9-3-6-4/h2,6H,3H2,1H3. The molecule has 0 unspecified atom stereocenters. The molecule has 0 amide bonds. The third-order valence-electron chi connectivity index (χ3n) is 0.952. The van der Waals surface area contributed by atoms with Crippen LogP contribution in [0.3, 0.4) is 0 Å². The molecule has 9 heavy (non-hydrogen) atoms. The highest BCUT2D eigenvalue weighted by atomic mass is 32.2. The summed E-state index contributed by atoms with van der Waals surface area (Å²) in [6.07, 6.45) is 0. The number of hydrogen-bond donors (Lipinski definition) is 1. The molecule has 0 aromatic rings. The summed E-state index contributed by atoms with van der Waals surface area (Å²) in [5.74, 6) is 0.477. The predicted molar refractivity (Wildman–Crippen MR) is 35.7 cm³/mol. The number of rotatable bonds is 1. The molecule has 50 valence electrons.